The average Bonchev–Trinajstić information content (AvgIpc) is 2.42. The molecule has 0 saturated carbocycles. The third-order valence-corrected chi connectivity index (χ3v) is 2.94. The van der Waals surface area contributed by atoms with Crippen molar-refractivity contribution in [2.45, 2.75) is 26.2 Å². The first kappa shape index (κ1) is 13.5. The maximum absolute atomic E-state index is 5.53. The van der Waals surface area contributed by atoms with Crippen molar-refractivity contribution in [2.24, 2.45) is 5.73 Å². The fraction of sp³-hybridized carbons (Fsp3) is 0.333. The molecule has 0 fully saturated rings. The highest BCUT2D eigenvalue weighted by Gasteiger charge is 2.03. The van der Waals surface area contributed by atoms with Crippen molar-refractivity contribution < 1.29 is 0 Å². The summed E-state index contributed by atoms with van der Waals surface area (Å²) in [6.45, 7) is 4.91. The van der Waals surface area contributed by atoms with E-state index in [1.54, 1.807) is 6.33 Å². The lowest BCUT2D eigenvalue weighted by atomic mass is 10.1. The number of benzene rings is 1. The van der Waals surface area contributed by atoms with Crippen LogP contribution in [0.25, 0.3) is 0 Å². The van der Waals surface area contributed by atoms with Gasteiger partial charge in [0, 0.05) is 17.4 Å². The van der Waals surface area contributed by atoms with Gasteiger partial charge in [-0.05, 0) is 36.6 Å². The maximum Gasteiger partial charge on any atom is 0.133 e. The largest absolute Gasteiger partial charge is 0.340 e. The normalized spacial score (nSPS) is 10.7. The summed E-state index contributed by atoms with van der Waals surface area (Å²) in [5.74, 6) is 1.22. The Kier molecular flexibility index (Phi) is 4.47. The third-order valence-electron chi connectivity index (χ3n) is 2.94. The fourth-order valence-electron chi connectivity index (χ4n) is 1.83. The first-order chi connectivity index (χ1) is 9.19. The van der Waals surface area contributed by atoms with Crippen LogP contribution in [0.5, 0.6) is 0 Å². The number of nitrogens with one attached hydrogen (secondary N) is 1. The Morgan fingerprint density at radius 3 is 2.53 bits per heavy atom. The lowest BCUT2D eigenvalue weighted by Gasteiger charge is -2.09. The van der Waals surface area contributed by atoms with Gasteiger partial charge in [0.2, 0.25) is 0 Å². The Balaban J connectivity index is 2.10. The van der Waals surface area contributed by atoms with E-state index >= 15 is 0 Å². The number of rotatable bonds is 5. The minimum absolute atomic E-state index is 0.399. The maximum atomic E-state index is 5.53. The minimum atomic E-state index is 0.399. The number of nitrogens with zero attached hydrogens (tertiary/aromatic N) is 2. The Hall–Kier alpha value is -1.94. The molecular formula is C15H20N4. The second-order valence-corrected chi connectivity index (χ2v) is 4.84. The van der Waals surface area contributed by atoms with E-state index in [9.17, 15) is 0 Å². The summed E-state index contributed by atoms with van der Waals surface area (Å²) in [4.78, 5) is 8.49. The molecule has 3 N–H and O–H groups in total. The first-order valence-electron chi connectivity index (χ1n) is 6.57. The zero-order valence-electron chi connectivity index (χ0n) is 11.4. The van der Waals surface area contributed by atoms with Crippen LogP contribution in [0.4, 0.5) is 11.5 Å². The summed E-state index contributed by atoms with van der Waals surface area (Å²) in [5, 5.41) is 3.29. The van der Waals surface area contributed by atoms with Gasteiger partial charge in [-0.3, -0.25) is 0 Å². The average molecular weight is 256 g/mol. The summed E-state index contributed by atoms with van der Waals surface area (Å²) in [6.07, 6.45) is 2.51. The number of anilines is 2. The second kappa shape index (κ2) is 6.29. The summed E-state index contributed by atoms with van der Waals surface area (Å²) in [7, 11) is 0. The molecule has 0 bridgehead atoms. The van der Waals surface area contributed by atoms with Crippen molar-refractivity contribution in [3.63, 3.8) is 0 Å². The molecule has 100 valence electrons. The Morgan fingerprint density at radius 1 is 1.16 bits per heavy atom. The lowest BCUT2D eigenvalue weighted by Crippen LogP contribution is -2.02. The minimum Gasteiger partial charge on any atom is -0.340 e. The molecular weight excluding hydrogens is 236 g/mol. The SMILES string of the molecule is CC(C)c1cc(Nc2ccc(CCN)cc2)ncn1. The molecule has 0 radical (unpaired) electrons. The van der Waals surface area contributed by atoms with Crippen molar-refractivity contribution in [3.05, 3.63) is 47.9 Å². The van der Waals surface area contributed by atoms with Gasteiger partial charge in [0.05, 0.1) is 0 Å². The molecule has 19 heavy (non-hydrogen) atoms. The monoisotopic (exact) mass is 256 g/mol. The number of hydrogen-bond acceptors (Lipinski definition) is 4. The van der Waals surface area contributed by atoms with Crippen molar-refractivity contribution in [3.8, 4) is 0 Å². The van der Waals surface area contributed by atoms with Gasteiger partial charge in [-0.15, -0.1) is 0 Å². The first-order valence-corrected chi connectivity index (χ1v) is 6.57. The summed E-state index contributed by atoms with van der Waals surface area (Å²) < 4.78 is 0. The van der Waals surface area contributed by atoms with Crippen molar-refractivity contribution >= 4 is 11.5 Å². The zero-order valence-corrected chi connectivity index (χ0v) is 11.4. The van der Waals surface area contributed by atoms with Crippen LogP contribution < -0.4 is 11.1 Å². The van der Waals surface area contributed by atoms with Gasteiger partial charge < -0.3 is 11.1 Å². The highest BCUT2D eigenvalue weighted by atomic mass is 15.0. The quantitative estimate of drug-likeness (QED) is 0.863. The molecule has 0 aliphatic carbocycles. The Labute approximate surface area is 114 Å². The van der Waals surface area contributed by atoms with Gasteiger partial charge in [-0.2, -0.15) is 0 Å². The predicted octanol–water partition coefficient (Wildman–Crippen LogP) is 2.84. The number of hydrogen-bond donors (Lipinski definition) is 2. The summed E-state index contributed by atoms with van der Waals surface area (Å²) in [6, 6.07) is 10.2. The molecule has 1 aromatic heterocycles. The van der Waals surface area contributed by atoms with Crippen molar-refractivity contribution in [2.75, 3.05) is 11.9 Å². The van der Waals surface area contributed by atoms with E-state index in [1.807, 2.05) is 18.2 Å². The van der Waals surface area contributed by atoms with Gasteiger partial charge in [0.1, 0.15) is 12.1 Å². The third kappa shape index (κ3) is 3.76. The molecule has 2 rings (SSSR count). The summed E-state index contributed by atoms with van der Waals surface area (Å²) in [5.41, 5.74) is 8.84. The molecule has 0 atom stereocenters. The fourth-order valence-corrected chi connectivity index (χ4v) is 1.83. The van der Waals surface area contributed by atoms with Gasteiger partial charge in [0.15, 0.2) is 0 Å². The molecule has 1 aromatic carbocycles. The van der Waals surface area contributed by atoms with Crippen LogP contribution in [-0.4, -0.2) is 16.5 Å². The number of aromatic nitrogens is 2. The van der Waals surface area contributed by atoms with Crippen LogP contribution in [0.2, 0.25) is 0 Å². The standard InChI is InChI=1S/C15H20N4/c1-11(2)14-9-15(18-10-17-14)19-13-5-3-12(4-6-13)7-8-16/h3-6,9-11H,7-8,16H2,1-2H3,(H,17,18,19). The molecule has 4 heteroatoms. The van der Waals surface area contributed by atoms with Crippen molar-refractivity contribution in [1.29, 1.82) is 0 Å². The second-order valence-electron chi connectivity index (χ2n) is 4.84. The van der Waals surface area contributed by atoms with Crippen LogP contribution in [0.1, 0.15) is 31.0 Å². The highest BCUT2D eigenvalue weighted by Crippen LogP contribution is 2.18. The molecule has 0 unspecified atom stereocenters. The van der Waals surface area contributed by atoms with E-state index in [0.29, 0.717) is 12.5 Å². The predicted molar refractivity (Wildman–Crippen MR) is 78.6 cm³/mol. The Morgan fingerprint density at radius 2 is 1.89 bits per heavy atom. The molecule has 1 heterocycles. The van der Waals surface area contributed by atoms with Gasteiger partial charge in [-0.1, -0.05) is 26.0 Å². The molecule has 4 nitrogen and oxygen atoms in total. The zero-order chi connectivity index (χ0) is 13.7. The number of nitrogens with two attached hydrogens (primary N) is 1. The van der Waals surface area contributed by atoms with Crippen LogP contribution in [0, 0.1) is 0 Å². The highest BCUT2D eigenvalue weighted by molar-refractivity contribution is 5.56. The van der Waals surface area contributed by atoms with E-state index in [1.165, 1.54) is 5.56 Å². The Bertz CT molecular complexity index is 520. The van der Waals surface area contributed by atoms with E-state index in [2.05, 4.69) is 41.3 Å². The molecule has 0 aliphatic heterocycles. The van der Waals surface area contributed by atoms with E-state index in [-0.39, 0.29) is 0 Å². The van der Waals surface area contributed by atoms with Crippen molar-refractivity contribution in [1.82, 2.24) is 9.97 Å². The molecule has 2 aromatic rings. The van der Waals surface area contributed by atoms with Gasteiger partial charge in [0.25, 0.3) is 0 Å². The molecule has 0 amide bonds. The molecule has 0 spiro atoms. The van der Waals surface area contributed by atoms with Gasteiger partial charge in [-0.25, -0.2) is 9.97 Å². The van der Waals surface area contributed by atoms with Crippen LogP contribution in [-0.2, 0) is 6.42 Å². The summed E-state index contributed by atoms with van der Waals surface area (Å²) >= 11 is 0. The van der Waals surface area contributed by atoms with E-state index in [0.717, 1.165) is 23.6 Å². The van der Waals surface area contributed by atoms with Gasteiger partial charge >= 0.3 is 0 Å². The van der Waals surface area contributed by atoms with Crippen LogP contribution >= 0.6 is 0 Å². The molecule has 0 saturated heterocycles. The lowest BCUT2D eigenvalue weighted by molar-refractivity contribution is 0.815. The van der Waals surface area contributed by atoms with Crippen LogP contribution in [0.3, 0.4) is 0 Å². The molecule has 0 aliphatic rings. The topological polar surface area (TPSA) is 63.8 Å². The van der Waals surface area contributed by atoms with E-state index < -0.39 is 0 Å². The van der Waals surface area contributed by atoms with E-state index in [4.69, 9.17) is 5.73 Å². The van der Waals surface area contributed by atoms with Crippen LogP contribution in [0.15, 0.2) is 36.7 Å². The smallest absolute Gasteiger partial charge is 0.133 e.